The molecule has 0 saturated heterocycles. The van der Waals surface area contributed by atoms with E-state index in [-0.39, 0.29) is 11.2 Å². The van der Waals surface area contributed by atoms with E-state index in [0.29, 0.717) is 5.41 Å². The van der Waals surface area contributed by atoms with E-state index in [1.165, 1.54) is 30.0 Å². The average Bonchev–Trinajstić information content (AvgIpc) is 2.76. The summed E-state index contributed by atoms with van der Waals surface area (Å²) in [5.41, 5.74) is 8.26. The Kier molecular flexibility index (Phi) is 14.9. The second kappa shape index (κ2) is 16.2. The summed E-state index contributed by atoms with van der Waals surface area (Å²) in [4.78, 5) is 8.85. The number of aliphatic hydroxyl groups is 1. The van der Waals surface area contributed by atoms with Crippen molar-refractivity contribution < 1.29 is 5.11 Å². The molecule has 0 radical (unpaired) electrons. The number of amidine groups is 1. The zero-order valence-corrected chi connectivity index (χ0v) is 26.5. The number of aryl methyl sites for hydroxylation is 2. The van der Waals surface area contributed by atoms with Crippen LogP contribution < -0.4 is 5.32 Å². The summed E-state index contributed by atoms with van der Waals surface area (Å²) in [6.45, 7) is 32.9. The lowest BCUT2D eigenvalue weighted by molar-refractivity contribution is 0.417. The van der Waals surface area contributed by atoms with Gasteiger partial charge in [0.25, 0.3) is 0 Å². The van der Waals surface area contributed by atoms with Crippen LogP contribution in [0, 0.1) is 19.3 Å². The van der Waals surface area contributed by atoms with Crippen molar-refractivity contribution in [2.24, 2.45) is 10.4 Å². The van der Waals surface area contributed by atoms with Gasteiger partial charge in [-0.05, 0) is 72.8 Å². The first kappa shape index (κ1) is 35.1. The van der Waals surface area contributed by atoms with Crippen LogP contribution in [0.2, 0.25) is 0 Å². The summed E-state index contributed by atoms with van der Waals surface area (Å²) in [5.74, 6) is 1.94. The predicted molar refractivity (Wildman–Crippen MR) is 170 cm³/mol. The molecule has 1 aromatic heterocycles. The van der Waals surface area contributed by atoms with Crippen LogP contribution in [0.4, 0.5) is 5.82 Å². The summed E-state index contributed by atoms with van der Waals surface area (Å²) in [6, 6.07) is 8.71. The highest BCUT2D eigenvalue weighted by molar-refractivity contribution is 5.96. The molecule has 4 nitrogen and oxygen atoms in total. The van der Waals surface area contributed by atoms with Crippen LogP contribution in [0.15, 0.2) is 54.4 Å². The molecule has 1 aliphatic rings. The molecule has 0 saturated carbocycles. The first-order valence-corrected chi connectivity index (χ1v) is 13.8. The summed E-state index contributed by atoms with van der Waals surface area (Å²) in [7, 11) is 0. The lowest BCUT2D eigenvalue weighted by atomic mass is 9.82. The minimum absolute atomic E-state index is 0.167. The van der Waals surface area contributed by atoms with E-state index in [2.05, 4.69) is 122 Å². The van der Waals surface area contributed by atoms with Crippen molar-refractivity contribution in [2.75, 3.05) is 0 Å². The second-order valence-corrected chi connectivity index (χ2v) is 12.6. The van der Waals surface area contributed by atoms with Gasteiger partial charge in [-0.2, -0.15) is 0 Å². The largest absolute Gasteiger partial charge is 0.513 e. The highest BCUT2D eigenvalue weighted by Crippen LogP contribution is 2.28. The van der Waals surface area contributed by atoms with Gasteiger partial charge in [0.05, 0.1) is 5.76 Å². The number of pyridine rings is 1. The van der Waals surface area contributed by atoms with Gasteiger partial charge in [0.15, 0.2) is 5.82 Å². The molecule has 212 valence electrons. The first-order chi connectivity index (χ1) is 17.4. The van der Waals surface area contributed by atoms with Gasteiger partial charge in [0.2, 0.25) is 0 Å². The molecule has 0 amide bonds. The van der Waals surface area contributed by atoms with Crippen LogP contribution in [0.5, 0.6) is 0 Å². The fourth-order valence-corrected chi connectivity index (χ4v) is 3.61. The average molecular weight is 522 g/mol. The zero-order chi connectivity index (χ0) is 29.7. The van der Waals surface area contributed by atoms with Gasteiger partial charge in [0.1, 0.15) is 5.84 Å². The van der Waals surface area contributed by atoms with Crippen LogP contribution in [0.1, 0.15) is 116 Å². The Morgan fingerprint density at radius 3 is 2.05 bits per heavy atom. The number of allylic oxidation sites excluding steroid dienone is 1. The molecule has 38 heavy (non-hydrogen) atoms. The molecule has 1 aliphatic heterocycles. The standard InChI is InChI=1S/C13H17N3.C13H20.C5H12.C3H6O/c1-4-5-6-12-15-10(3)11-7-9(2)8-14-13(11)16-12;1-6-11-8-7-9-12(10(11)2)13(3,4)5;1-5(2,3)4;1-3(2)4/h7-8H,3-6H2,1-2H3,(H,14,15,16);7-9H,6H2,1-5H3;1-4H3;4H,1H2,2H3. The summed E-state index contributed by atoms with van der Waals surface area (Å²) < 4.78 is 0. The zero-order valence-electron chi connectivity index (χ0n) is 26.5. The van der Waals surface area contributed by atoms with E-state index >= 15 is 0 Å². The molecule has 2 aromatic rings. The van der Waals surface area contributed by atoms with Crippen molar-refractivity contribution >= 4 is 17.4 Å². The van der Waals surface area contributed by atoms with Gasteiger partial charge in [0, 0.05) is 23.9 Å². The van der Waals surface area contributed by atoms with Crippen molar-refractivity contribution in [2.45, 2.75) is 114 Å². The lowest BCUT2D eigenvalue weighted by Crippen LogP contribution is -2.24. The number of rotatable bonds is 4. The molecular formula is C34H55N3O. The molecule has 0 atom stereocenters. The number of hydrogen-bond acceptors (Lipinski definition) is 4. The molecule has 0 bridgehead atoms. The molecule has 4 heteroatoms. The number of benzene rings is 1. The van der Waals surface area contributed by atoms with E-state index in [9.17, 15) is 0 Å². The normalized spacial score (nSPS) is 12.2. The van der Waals surface area contributed by atoms with Gasteiger partial charge < -0.3 is 10.4 Å². The SMILES string of the molecule is C=C(C)O.C=C1NC(CCCC)=Nc2ncc(C)cc21.CC(C)(C)C.CCc1cccc(C(C)(C)C)c1C. The molecule has 0 aliphatic carbocycles. The number of aromatic nitrogens is 1. The van der Waals surface area contributed by atoms with Crippen molar-refractivity contribution in [3.05, 3.63) is 77.2 Å². The molecule has 1 aromatic carbocycles. The maximum absolute atomic E-state index is 7.86. The minimum atomic E-state index is 0.167. The van der Waals surface area contributed by atoms with Crippen molar-refractivity contribution in [3.63, 3.8) is 0 Å². The van der Waals surface area contributed by atoms with E-state index < -0.39 is 0 Å². The molecule has 0 unspecified atom stereocenters. The third-order valence-electron chi connectivity index (χ3n) is 5.27. The number of nitrogens with zero attached hydrogens (tertiary/aromatic N) is 2. The Bertz CT molecular complexity index is 1060. The van der Waals surface area contributed by atoms with Gasteiger partial charge in [-0.25, -0.2) is 9.98 Å². The van der Waals surface area contributed by atoms with Crippen LogP contribution in [-0.4, -0.2) is 15.9 Å². The van der Waals surface area contributed by atoms with Gasteiger partial charge in [-0.15, -0.1) is 0 Å². The van der Waals surface area contributed by atoms with Crippen LogP contribution in [0.3, 0.4) is 0 Å². The quantitative estimate of drug-likeness (QED) is 0.393. The number of aliphatic hydroxyl groups excluding tert-OH is 1. The van der Waals surface area contributed by atoms with Gasteiger partial charge in [-0.3, -0.25) is 0 Å². The Balaban J connectivity index is 0.000000556. The highest BCUT2D eigenvalue weighted by atomic mass is 16.3. The third kappa shape index (κ3) is 14.8. The van der Waals surface area contributed by atoms with E-state index in [4.69, 9.17) is 5.11 Å². The predicted octanol–water partition coefficient (Wildman–Crippen LogP) is 10.2. The van der Waals surface area contributed by atoms with Crippen LogP contribution in [-0.2, 0) is 11.8 Å². The van der Waals surface area contributed by atoms with E-state index in [1.54, 1.807) is 0 Å². The van der Waals surface area contributed by atoms with E-state index in [1.807, 2.05) is 13.1 Å². The molecule has 0 fully saturated rings. The van der Waals surface area contributed by atoms with Crippen LogP contribution in [0.25, 0.3) is 5.70 Å². The number of nitrogens with one attached hydrogen (secondary N) is 1. The summed E-state index contributed by atoms with van der Waals surface area (Å²) in [5, 5.41) is 11.1. The number of fused-ring (bicyclic) bond motifs is 1. The minimum Gasteiger partial charge on any atom is -0.513 e. The Labute approximate surface area is 234 Å². The van der Waals surface area contributed by atoms with Crippen molar-refractivity contribution in [1.82, 2.24) is 10.3 Å². The molecule has 3 rings (SSSR count). The Morgan fingerprint density at radius 2 is 1.58 bits per heavy atom. The lowest BCUT2D eigenvalue weighted by Gasteiger charge is -2.23. The van der Waals surface area contributed by atoms with Crippen molar-refractivity contribution in [1.29, 1.82) is 0 Å². The van der Waals surface area contributed by atoms with Gasteiger partial charge >= 0.3 is 0 Å². The monoisotopic (exact) mass is 521 g/mol. The van der Waals surface area contributed by atoms with E-state index in [0.717, 1.165) is 47.7 Å². The molecule has 2 N–H and O–H groups in total. The maximum atomic E-state index is 7.86. The topological polar surface area (TPSA) is 57.5 Å². The highest BCUT2D eigenvalue weighted by Gasteiger charge is 2.17. The number of hydrogen-bond donors (Lipinski definition) is 2. The number of unbranched alkanes of at least 4 members (excludes halogenated alkanes) is 1. The van der Waals surface area contributed by atoms with Crippen molar-refractivity contribution in [3.8, 4) is 0 Å². The molecule has 0 spiro atoms. The summed E-state index contributed by atoms with van der Waals surface area (Å²) in [6.07, 6.45) is 6.25. The fraction of sp³-hybridized carbons (Fsp3) is 0.529. The molecular weight excluding hydrogens is 466 g/mol. The van der Waals surface area contributed by atoms with Gasteiger partial charge in [-0.1, -0.05) is 100 Å². The third-order valence-corrected chi connectivity index (χ3v) is 5.27. The Hall–Kier alpha value is -2.88. The summed E-state index contributed by atoms with van der Waals surface area (Å²) >= 11 is 0. The smallest absolute Gasteiger partial charge is 0.163 e. The second-order valence-electron chi connectivity index (χ2n) is 12.6. The maximum Gasteiger partial charge on any atom is 0.163 e. The number of aliphatic imine (C=N–C) groups is 1. The molecule has 2 heterocycles. The Morgan fingerprint density at radius 1 is 1.03 bits per heavy atom. The fourth-order valence-electron chi connectivity index (χ4n) is 3.61. The first-order valence-electron chi connectivity index (χ1n) is 13.8. The van der Waals surface area contributed by atoms with Crippen LogP contribution >= 0.6 is 0 Å².